The molecule has 2 N–H and O–H groups in total. The Bertz CT molecular complexity index is 469. The molecule has 1 aliphatic rings. The molecule has 116 valence electrons. The van der Waals surface area contributed by atoms with E-state index in [9.17, 15) is 4.79 Å². The highest BCUT2D eigenvalue weighted by atomic mass is 16.2. The Balaban J connectivity index is 2.02. The summed E-state index contributed by atoms with van der Waals surface area (Å²) in [4.78, 5) is 20.7. The second kappa shape index (κ2) is 7.36. The van der Waals surface area contributed by atoms with Gasteiger partial charge in [0.1, 0.15) is 11.5 Å². The van der Waals surface area contributed by atoms with Gasteiger partial charge in [0.2, 0.25) is 0 Å². The summed E-state index contributed by atoms with van der Waals surface area (Å²) in [5.74, 6) is 0.451. The Morgan fingerprint density at radius 3 is 2.71 bits per heavy atom. The Hall–Kier alpha value is -1.69. The van der Waals surface area contributed by atoms with Crippen LogP contribution in [0.5, 0.6) is 0 Å². The van der Waals surface area contributed by atoms with Crippen molar-refractivity contribution in [3.63, 3.8) is 0 Å². The van der Waals surface area contributed by atoms with Gasteiger partial charge in [-0.25, -0.2) is 9.99 Å². The first-order valence-corrected chi connectivity index (χ1v) is 7.77. The summed E-state index contributed by atoms with van der Waals surface area (Å²) in [5.41, 5.74) is 3.33. The maximum atomic E-state index is 12.3. The Morgan fingerprint density at radius 1 is 1.33 bits per heavy atom. The first kappa shape index (κ1) is 15.7. The summed E-state index contributed by atoms with van der Waals surface area (Å²) in [6, 6.07) is 0.708. The lowest BCUT2D eigenvalue weighted by molar-refractivity contribution is 0.0366. The van der Waals surface area contributed by atoms with Crippen LogP contribution in [0.2, 0.25) is 0 Å². The average molecular weight is 291 g/mol. The maximum Gasteiger partial charge on any atom is 0.285 e. The van der Waals surface area contributed by atoms with Crippen molar-refractivity contribution in [1.82, 2.24) is 20.4 Å². The second-order valence-corrected chi connectivity index (χ2v) is 5.69. The number of piperidine rings is 1. The van der Waals surface area contributed by atoms with E-state index < -0.39 is 0 Å². The SMILES string of the molecule is CCCNc1cncc(C(=O)NN2C(C)CCCC2C)n1. The van der Waals surface area contributed by atoms with E-state index in [0.29, 0.717) is 23.6 Å². The van der Waals surface area contributed by atoms with Crippen molar-refractivity contribution < 1.29 is 4.79 Å². The molecule has 0 radical (unpaired) electrons. The molecule has 2 atom stereocenters. The largest absolute Gasteiger partial charge is 0.369 e. The normalized spacial score (nSPS) is 22.8. The zero-order valence-electron chi connectivity index (χ0n) is 13.1. The molecule has 0 spiro atoms. The zero-order valence-corrected chi connectivity index (χ0v) is 13.1. The molecule has 2 unspecified atom stereocenters. The molecule has 1 saturated heterocycles. The number of carbonyl (C=O) groups is 1. The van der Waals surface area contributed by atoms with Gasteiger partial charge in [0.25, 0.3) is 5.91 Å². The van der Waals surface area contributed by atoms with Gasteiger partial charge in [0.15, 0.2) is 0 Å². The van der Waals surface area contributed by atoms with Crippen molar-refractivity contribution in [2.75, 3.05) is 11.9 Å². The summed E-state index contributed by atoms with van der Waals surface area (Å²) < 4.78 is 0. The van der Waals surface area contributed by atoms with Crippen LogP contribution in [-0.4, -0.2) is 39.5 Å². The minimum Gasteiger partial charge on any atom is -0.369 e. The lowest BCUT2D eigenvalue weighted by Crippen LogP contribution is -2.54. The molecule has 0 saturated carbocycles. The molecule has 2 heterocycles. The molecular weight excluding hydrogens is 266 g/mol. The molecule has 1 aromatic rings. The number of carbonyl (C=O) groups excluding carboxylic acids is 1. The highest BCUT2D eigenvalue weighted by molar-refractivity contribution is 5.91. The van der Waals surface area contributed by atoms with Gasteiger partial charge in [-0.3, -0.25) is 15.2 Å². The molecule has 6 heteroatoms. The van der Waals surface area contributed by atoms with Gasteiger partial charge >= 0.3 is 0 Å². The van der Waals surface area contributed by atoms with E-state index in [1.807, 2.05) is 5.01 Å². The molecule has 0 aliphatic carbocycles. The van der Waals surface area contributed by atoms with Crippen molar-refractivity contribution in [1.29, 1.82) is 0 Å². The highest BCUT2D eigenvalue weighted by Crippen LogP contribution is 2.20. The number of nitrogens with one attached hydrogen (secondary N) is 2. The van der Waals surface area contributed by atoms with Gasteiger partial charge in [-0.1, -0.05) is 13.3 Å². The van der Waals surface area contributed by atoms with E-state index in [-0.39, 0.29) is 5.91 Å². The topological polar surface area (TPSA) is 70.2 Å². The van der Waals surface area contributed by atoms with Crippen LogP contribution < -0.4 is 10.7 Å². The number of hydrazine groups is 1. The standard InChI is InChI=1S/C15H25N5O/c1-4-8-17-14-10-16-9-13(18-14)15(21)19-20-11(2)6-5-7-12(20)3/h9-12H,4-8H2,1-3H3,(H,17,18)(H,19,21). The van der Waals surface area contributed by atoms with Gasteiger partial charge in [-0.15, -0.1) is 0 Å². The number of hydrogen-bond donors (Lipinski definition) is 2. The number of nitrogens with zero attached hydrogens (tertiary/aromatic N) is 3. The number of amides is 1. The molecule has 6 nitrogen and oxygen atoms in total. The Kier molecular flexibility index (Phi) is 5.50. The van der Waals surface area contributed by atoms with Crippen LogP contribution in [0.3, 0.4) is 0 Å². The summed E-state index contributed by atoms with van der Waals surface area (Å²) in [7, 11) is 0. The van der Waals surface area contributed by atoms with Crippen molar-refractivity contribution in [3.8, 4) is 0 Å². The number of aromatic nitrogens is 2. The molecule has 1 fully saturated rings. The summed E-state index contributed by atoms with van der Waals surface area (Å²) in [6.07, 6.45) is 7.57. The van der Waals surface area contributed by atoms with E-state index >= 15 is 0 Å². The molecule has 21 heavy (non-hydrogen) atoms. The smallest absolute Gasteiger partial charge is 0.285 e. The lowest BCUT2D eigenvalue weighted by Gasteiger charge is -2.38. The van der Waals surface area contributed by atoms with E-state index in [2.05, 4.69) is 41.5 Å². The van der Waals surface area contributed by atoms with Crippen molar-refractivity contribution in [2.24, 2.45) is 0 Å². The Labute approximate surface area is 126 Å². The fourth-order valence-electron chi connectivity index (χ4n) is 2.63. The highest BCUT2D eigenvalue weighted by Gasteiger charge is 2.26. The third kappa shape index (κ3) is 4.14. The minimum atomic E-state index is -0.191. The maximum absolute atomic E-state index is 12.3. The number of hydrogen-bond acceptors (Lipinski definition) is 5. The monoisotopic (exact) mass is 291 g/mol. The third-order valence-electron chi connectivity index (χ3n) is 3.85. The van der Waals surface area contributed by atoms with Gasteiger partial charge < -0.3 is 5.32 Å². The van der Waals surface area contributed by atoms with Gasteiger partial charge in [0.05, 0.1) is 12.4 Å². The van der Waals surface area contributed by atoms with Crippen LogP contribution >= 0.6 is 0 Å². The van der Waals surface area contributed by atoms with Crippen molar-refractivity contribution >= 4 is 11.7 Å². The van der Waals surface area contributed by atoms with E-state index in [4.69, 9.17) is 0 Å². The van der Waals surface area contributed by atoms with Gasteiger partial charge in [-0.05, 0) is 33.1 Å². The first-order chi connectivity index (χ1) is 10.1. The predicted molar refractivity (Wildman–Crippen MR) is 82.9 cm³/mol. The second-order valence-electron chi connectivity index (χ2n) is 5.69. The number of rotatable bonds is 5. The zero-order chi connectivity index (χ0) is 15.2. The van der Waals surface area contributed by atoms with Crippen LogP contribution in [0.1, 0.15) is 56.9 Å². The van der Waals surface area contributed by atoms with Gasteiger partial charge in [0, 0.05) is 18.6 Å². The van der Waals surface area contributed by atoms with Crippen LogP contribution in [0.15, 0.2) is 12.4 Å². The Morgan fingerprint density at radius 2 is 2.05 bits per heavy atom. The molecule has 1 amide bonds. The van der Waals surface area contributed by atoms with E-state index in [1.165, 1.54) is 12.6 Å². The quantitative estimate of drug-likeness (QED) is 0.870. The van der Waals surface area contributed by atoms with E-state index in [1.54, 1.807) is 6.20 Å². The molecule has 2 rings (SSSR count). The molecule has 0 aromatic carbocycles. The summed E-state index contributed by atoms with van der Waals surface area (Å²) >= 11 is 0. The summed E-state index contributed by atoms with van der Waals surface area (Å²) in [5, 5.41) is 5.18. The predicted octanol–water partition coefficient (Wildman–Crippen LogP) is 2.21. The fraction of sp³-hybridized carbons (Fsp3) is 0.667. The van der Waals surface area contributed by atoms with Crippen molar-refractivity contribution in [3.05, 3.63) is 18.1 Å². The van der Waals surface area contributed by atoms with Crippen LogP contribution in [0, 0.1) is 0 Å². The number of anilines is 1. The van der Waals surface area contributed by atoms with Crippen molar-refractivity contribution in [2.45, 2.75) is 58.5 Å². The van der Waals surface area contributed by atoms with Crippen LogP contribution in [-0.2, 0) is 0 Å². The first-order valence-electron chi connectivity index (χ1n) is 7.77. The minimum absolute atomic E-state index is 0.191. The van der Waals surface area contributed by atoms with Gasteiger partial charge in [-0.2, -0.15) is 0 Å². The molecule has 1 aliphatic heterocycles. The fourth-order valence-corrected chi connectivity index (χ4v) is 2.63. The third-order valence-corrected chi connectivity index (χ3v) is 3.85. The average Bonchev–Trinajstić information content (AvgIpc) is 2.49. The van der Waals surface area contributed by atoms with Crippen LogP contribution in [0.25, 0.3) is 0 Å². The molecular formula is C15H25N5O. The molecule has 0 bridgehead atoms. The molecule has 1 aromatic heterocycles. The lowest BCUT2D eigenvalue weighted by atomic mass is 10.00. The summed E-state index contributed by atoms with van der Waals surface area (Å²) in [6.45, 7) is 7.18. The van der Waals surface area contributed by atoms with Crippen LogP contribution in [0.4, 0.5) is 5.82 Å². The van der Waals surface area contributed by atoms with E-state index in [0.717, 1.165) is 25.8 Å².